The second-order valence-electron chi connectivity index (χ2n) is 6.12. The Balaban J connectivity index is 1.90. The molecule has 1 fully saturated rings. The quantitative estimate of drug-likeness (QED) is 0.621. The number of nitrogens with one attached hydrogen (secondary N) is 1. The minimum Gasteiger partial charge on any atom is -0.386 e. The predicted molar refractivity (Wildman–Crippen MR) is 98.9 cm³/mol. The van der Waals surface area contributed by atoms with E-state index in [-0.39, 0.29) is 10.3 Å². The Hall–Kier alpha value is -2.24. The van der Waals surface area contributed by atoms with Gasteiger partial charge in [0.25, 0.3) is 5.56 Å². The van der Waals surface area contributed by atoms with Gasteiger partial charge in [-0.2, -0.15) is 0 Å². The summed E-state index contributed by atoms with van der Waals surface area (Å²) in [4.78, 5) is 13.9. The van der Waals surface area contributed by atoms with Crippen LogP contribution < -0.4 is 5.56 Å². The van der Waals surface area contributed by atoms with Crippen LogP contribution in [0.1, 0.15) is 25.1 Å². The fourth-order valence-electron chi connectivity index (χ4n) is 3.12. The molecule has 0 amide bonds. The molecule has 1 aliphatic rings. The molecule has 1 aromatic heterocycles. The van der Waals surface area contributed by atoms with Crippen molar-refractivity contribution in [1.29, 1.82) is 0 Å². The molecular weight excluding hydrogens is 352 g/mol. The second kappa shape index (κ2) is 7.56. The Kier molecular flexibility index (Phi) is 5.39. The number of aromatic amines is 1. The number of rotatable bonds is 5. The first kappa shape index (κ1) is 18.5. The van der Waals surface area contributed by atoms with Gasteiger partial charge in [0.1, 0.15) is 12.2 Å². The van der Waals surface area contributed by atoms with Crippen molar-refractivity contribution < 1.29 is 14.6 Å². The molecular formula is C19H20N2O4S. The van der Waals surface area contributed by atoms with Crippen LogP contribution in [0.15, 0.2) is 47.4 Å². The smallest absolute Gasteiger partial charge is 0.251 e. The standard InChI is InChI=1S/C19H20N2O4S/c1-3-19(4-2)16(24-12-13-8-6-5-7-9-13)15(23)17(25-19)21-11-10-14(22)20-18(21)26/h1,5-11,15-17,23H,4,12H2,2H3,(H,20,22,26)/t15?,16-,17-,19-/m1/s1. The Bertz CT molecular complexity index is 917. The number of nitrogens with zero attached hydrogens (tertiary/aromatic N) is 1. The Labute approximate surface area is 156 Å². The summed E-state index contributed by atoms with van der Waals surface area (Å²) in [5.41, 5.74) is -0.454. The lowest BCUT2D eigenvalue weighted by atomic mass is 9.93. The first-order valence-corrected chi connectivity index (χ1v) is 8.72. The molecule has 1 aliphatic heterocycles. The third kappa shape index (κ3) is 3.37. The Morgan fingerprint density at radius 2 is 2.15 bits per heavy atom. The molecule has 0 aliphatic carbocycles. The molecule has 0 spiro atoms. The first-order valence-electron chi connectivity index (χ1n) is 8.31. The monoisotopic (exact) mass is 372 g/mol. The van der Waals surface area contributed by atoms with Crippen LogP contribution in [-0.2, 0) is 16.1 Å². The van der Waals surface area contributed by atoms with Crippen molar-refractivity contribution in [2.24, 2.45) is 0 Å². The summed E-state index contributed by atoms with van der Waals surface area (Å²) >= 11 is 5.18. The number of aliphatic hydroxyl groups is 1. The van der Waals surface area contributed by atoms with Gasteiger partial charge in [0.15, 0.2) is 16.6 Å². The van der Waals surface area contributed by atoms with Crippen LogP contribution in [0.4, 0.5) is 0 Å². The second-order valence-corrected chi connectivity index (χ2v) is 6.51. The largest absolute Gasteiger partial charge is 0.386 e. The van der Waals surface area contributed by atoms with Crippen LogP contribution in [0.2, 0.25) is 0 Å². The van der Waals surface area contributed by atoms with Crippen molar-refractivity contribution in [2.75, 3.05) is 0 Å². The zero-order valence-corrected chi connectivity index (χ0v) is 15.1. The third-order valence-electron chi connectivity index (χ3n) is 4.56. The summed E-state index contributed by atoms with van der Waals surface area (Å²) in [6.07, 6.45) is 5.03. The van der Waals surface area contributed by atoms with E-state index in [1.165, 1.54) is 16.8 Å². The van der Waals surface area contributed by atoms with E-state index in [0.717, 1.165) is 5.56 Å². The van der Waals surface area contributed by atoms with E-state index >= 15 is 0 Å². The summed E-state index contributed by atoms with van der Waals surface area (Å²) < 4.78 is 13.6. The molecule has 1 saturated heterocycles. The maximum absolute atomic E-state index is 11.4. The molecule has 6 nitrogen and oxygen atoms in total. The number of benzene rings is 1. The maximum Gasteiger partial charge on any atom is 0.251 e. The van der Waals surface area contributed by atoms with Gasteiger partial charge in [0, 0.05) is 12.3 Å². The van der Waals surface area contributed by atoms with Crippen LogP contribution >= 0.6 is 12.2 Å². The van der Waals surface area contributed by atoms with E-state index < -0.39 is 24.0 Å². The highest BCUT2D eigenvalue weighted by Gasteiger charge is 2.54. The van der Waals surface area contributed by atoms with E-state index in [2.05, 4.69) is 10.9 Å². The fraction of sp³-hybridized carbons (Fsp3) is 0.368. The van der Waals surface area contributed by atoms with Gasteiger partial charge in [-0.3, -0.25) is 14.3 Å². The lowest BCUT2D eigenvalue weighted by molar-refractivity contribution is -0.0877. The minimum absolute atomic E-state index is 0.146. The molecule has 0 bridgehead atoms. The van der Waals surface area contributed by atoms with Crippen molar-refractivity contribution in [1.82, 2.24) is 9.55 Å². The maximum atomic E-state index is 11.4. The highest BCUT2D eigenvalue weighted by atomic mass is 32.1. The number of hydrogen-bond donors (Lipinski definition) is 2. The Morgan fingerprint density at radius 1 is 1.42 bits per heavy atom. The summed E-state index contributed by atoms with van der Waals surface area (Å²) in [7, 11) is 0. The average molecular weight is 372 g/mol. The molecule has 2 heterocycles. The van der Waals surface area contributed by atoms with E-state index in [1.807, 2.05) is 37.3 Å². The number of terminal acetylenes is 1. The molecule has 3 rings (SSSR count). The van der Waals surface area contributed by atoms with E-state index in [4.69, 9.17) is 28.1 Å². The molecule has 7 heteroatoms. The Morgan fingerprint density at radius 3 is 2.77 bits per heavy atom. The van der Waals surface area contributed by atoms with Gasteiger partial charge >= 0.3 is 0 Å². The number of aliphatic hydroxyl groups excluding tert-OH is 1. The molecule has 0 saturated carbocycles. The molecule has 1 unspecified atom stereocenters. The zero-order chi connectivity index (χ0) is 18.7. The normalized spacial score (nSPS) is 28.0. The number of hydrogen-bond acceptors (Lipinski definition) is 5. The van der Waals surface area contributed by atoms with Crippen LogP contribution in [-0.4, -0.2) is 32.5 Å². The molecule has 4 atom stereocenters. The lowest BCUT2D eigenvalue weighted by Gasteiger charge is -2.28. The van der Waals surface area contributed by atoms with Crippen LogP contribution in [0.25, 0.3) is 0 Å². The molecule has 2 N–H and O–H groups in total. The minimum atomic E-state index is -1.09. The summed E-state index contributed by atoms with van der Waals surface area (Å²) in [5.74, 6) is 2.65. The molecule has 26 heavy (non-hydrogen) atoms. The van der Waals surface area contributed by atoms with Crippen molar-refractivity contribution in [3.63, 3.8) is 0 Å². The summed E-state index contributed by atoms with van der Waals surface area (Å²) in [6, 6.07) is 10.9. The predicted octanol–water partition coefficient (Wildman–Crippen LogP) is 2.16. The number of aromatic nitrogens is 2. The highest BCUT2D eigenvalue weighted by Crippen LogP contribution is 2.41. The van der Waals surface area contributed by atoms with E-state index in [1.54, 1.807) is 0 Å². The highest BCUT2D eigenvalue weighted by molar-refractivity contribution is 7.71. The third-order valence-corrected chi connectivity index (χ3v) is 4.87. The fourth-order valence-corrected chi connectivity index (χ4v) is 3.39. The van der Waals surface area contributed by atoms with Crippen LogP contribution in [0.3, 0.4) is 0 Å². The average Bonchev–Trinajstić information content (AvgIpc) is 2.93. The van der Waals surface area contributed by atoms with Gasteiger partial charge in [-0.15, -0.1) is 6.42 Å². The van der Waals surface area contributed by atoms with Gasteiger partial charge in [-0.1, -0.05) is 43.2 Å². The molecule has 136 valence electrons. The van der Waals surface area contributed by atoms with E-state index in [0.29, 0.717) is 13.0 Å². The number of ether oxygens (including phenoxy) is 2. The SMILES string of the molecule is C#C[C@]1(CC)O[C@@H](n2ccc(=O)[nH]c2=S)C(O)[C@H]1OCc1ccccc1. The van der Waals surface area contributed by atoms with Crippen LogP contribution in [0.5, 0.6) is 0 Å². The molecule has 0 radical (unpaired) electrons. The van der Waals surface area contributed by atoms with Crippen molar-refractivity contribution in [2.45, 2.75) is 44.0 Å². The number of H-pyrrole nitrogens is 1. The van der Waals surface area contributed by atoms with E-state index in [9.17, 15) is 9.90 Å². The van der Waals surface area contributed by atoms with Crippen molar-refractivity contribution >= 4 is 12.2 Å². The van der Waals surface area contributed by atoms with Gasteiger partial charge in [0.05, 0.1) is 6.61 Å². The topological polar surface area (TPSA) is 76.5 Å². The van der Waals surface area contributed by atoms with Gasteiger partial charge < -0.3 is 14.6 Å². The summed E-state index contributed by atoms with van der Waals surface area (Å²) in [5, 5.41) is 10.9. The van der Waals surface area contributed by atoms with Gasteiger partial charge in [-0.05, 0) is 24.2 Å². The van der Waals surface area contributed by atoms with Crippen molar-refractivity contribution in [3.05, 3.63) is 63.3 Å². The summed E-state index contributed by atoms with van der Waals surface area (Å²) in [6.45, 7) is 2.17. The lowest BCUT2D eigenvalue weighted by Crippen LogP contribution is -2.43. The zero-order valence-electron chi connectivity index (χ0n) is 14.3. The molecule has 2 aromatic rings. The molecule has 1 aromatic carbocycles. The van der Waals surface area contributed by atoms with Gasteiger partial charge in [-0.25, -0.2) is 0 Å². The van der Waals surface area contributed by atoms with Crippen LogP contribution in [0, 0.1) is 17.1 Å². The van der Waals surface area contributed by atoms with Crippen molar-refractivity contribution in [3.8, 4) is 12.3 Å². The van der Waals surface area contributed by atoms with Gasteiger partial charge in [0.2, 0.25) is 0 Å². The first-order chi connectivity index (χ1) is 12.5.